The largest absolute Gasteiger partial charge is 0.496 e. The number of carbonyl (C=O) groups is 1. The van der Waals surface area contributed by atoms with E-state index in [1.807, 2.05) is 55.5 Å². The number of carbonyl (C=O) groups excluding carboxylic acids is 1. The predicted octanol–water partition coefficient (Wildman–Crippen LogP) is 4.80. The summed E-state index contributed by atoms with van der Waals surface area (Å²) in [5.74, 6) is 1.43. The minimum Gasteiger partial charge on any atom is -0.496 e. The molecule has 0 aliphatic rings. The zero-order valence-corrected chi connectivity index (χ0v) is 17.6. The summed E-state index contributed by atoms with van der Waals surface area (Å²) in [6, 6.07) is 16.9. The lowest BCUT2D eigenvalue weighted by molar-refractivity contribution is 0.0952. The molecule has 0 fully saturated rings. The summed E-state index contributed by atoms with van der Waals surface area (Å²) in [5.41, 5.74) is 3.75. The molecule has 0 aliphatic heterocycles. The lowest BCUT2D eigenvalue weighted by Crippen LogP contribution is -2.18. The molecular weight excluding hydrogens is 380 g/mol. The van der Waals surface area contributed by atoms with Crippen LogP contribution in [-0.2, 0) is 0 Å². The highest BCUT2D eigenvalue weighted by Gasteiger charge is 2.13. The number of nitrogens with zero attached hydrogens (tertiary/aromatic N) is 1. The average Bonchev–Trinajstić information content (AvgIpc) is 2.78. The molecule has 0 aromatic heterocycles. The second-order valence-electron chi connectivity index (χ2n) is 6.85. The molecular formula is C24H26N2O4. The van der Waals surface area contributed by atoms with E-state index in [-0.39, 0.29) is 12.0 Å². The summed E-state index contributed by atoms with van der Waals surface area (Å²) in [6.07, 6.45) is 2.55. The number of rotatable bonds is 8. The van der Waals surface area contributed by atoms with E-state index in [0.29, 0.717) is 22.8 Å². The molecule has 0 aliphatic carbocycles. The maximum absolute atomic E-state index is 12.6. The van der Waals surface area contributed by atoms with Gasteiger partial charge in [-0.15, -0.1) is 0 Å². The van der Waals surface area contributed by atoms with E-state index in [2.05, 4.69) is 17.5 Å². The molecule has 6 heteroatoms. The number of hydrogen-bond donors (Lipinski definition) is 1. The fraction of sp³-hybridized carbons (Fsp3) is 0.250. The van der Waals surface area contributed by atoms with E-state index in [0.717, 1.165) is 22.8 Å². The number of benzene rings is 3. The fourth-order valence-electron chi connectivity index (χ4n) is 2.95. The molecule has 3 aromatic carbocycles. The van der Waals surface area contributed by atoms with Crippen LogP contribution in [0.25, 0.3) is 10.8 Å². The number of hydrogen-bond acceptors (Lipinski definition) is 5. The average molecular weight is 406 g/mol. The van der Waals surface area contributed by atoms with Gasteiger partial charge in [-0.1, -0.05) is 31.2 Å². The van der Waals surface area contributed by atoms with Crippen molar-refractivity contribution >= 4 is 22.9 Å². The van der Waals surface area contributed by atoms with Gasteiger partial charge in [-0.2, -0.15) is 5.10 Å². The van der Waals surface area contributed by atoms with Gasteiger partial charge < -0.3 is 14.2 Å². The van der Waals surface area contributed by atoms with Gasteiger partial charge in [0.15, 0.2) is 11.5 Å². The minimum atomic E-state index is -0.349. The van der Waals surface area contributed by atoms with Crippen molar-refractivity contribution in [1.29, 1.82) is 0 Å². The molecule has 3 rings (SSSR count). The highest BCUT2D eigenvalue weighted by Crippen LogP contribution is 2.29. The van der Waals surface area contributed by atoms with Crippen molar-refractivity contribution in [2.75, 3.05) is 14.2 Å². The van der Waals surface area contributed by atoms with Gasteiger partial charge in [0.05, 0.1) is 32.1 Å². The third kappa shape index (κ3) is 4.89. The first kappa shape index (κ1) is 21.2. The maximum atomic E-state index is 12.6. The van der Waals surface area contributed by atoms with Crippen LogP contribution < -0.4 is 19.6 Å². The van der Waals surface area contributed by atoms with Gasteiger partial charge in [0.1, 0.15) is 5.75 Å². The van der Waals surface area contributed by atoms with E-state index in [4.69, 9.17) is 14.2 Å². The molecule has 0 saturated heterocycles. The van der Waals surface area contributed by atoms with E-state index in [9.17, 15) is 4.79 Å². The molecule has 1 atom stereocenters. The Morgan fingerprint density at radius 3 is 2.37 bits per heavy atom. The SMILES string of the molecule is CCC(C)Oc1ccc(C=NNC(=O)c2cc3ccccc3cc2OC)cc1OC. The lowest BCUT2D eigenvalue weighted by Gasteiger charge is -2.15. The molecule has 1 amide bonds. The number of methoxy groups -OCH3 is 2. The third-order valence-corrected chi connectivity index (χ3v) is 4.78. The highest BCUT2D eigenvalue weighted by molar-refractivity contribution is 6.02. The van der Waals surface area contributed by atoms with Crippen LogP contribution in [-0.4, -0.2) is 32.4 Å². The van der Waals surface area contributed by atoms with Gasteiger partial charge in [0.25, 0.3) is 5.91 Å². The molecule has 3 aromatic rings. The van der Waals surface area contributed by atoms with Crippen LogP contribution >= 0.6 is 0 Å². The standard InChI is InChI=1S/C24H26N2O4/c1-5-16(2)30-21-11-10-17(12-23(21)29-4)15-25-26-24(27)20-13-18-8-6-7-9-19(18)14-22(20)28-3/h6-16H,5H2,1-4H3,(H,26,27). The fourth-order valence-corrected chi connectivity index (χ4v) is 2.95. The molecule has 0 spiro atoms. The Labute approximate surface area is 176 Å². The Hall–Kier alpha value is -3.54. The monoisotopic (exact) mass is 406 g/mol. The Morgan fingerprint density at radius 2 is 1.70 bits per heavy atom. The Kier molecular flexibility index (Phi) is 6.91. The number of ether oxygens (including phenoxy) is 3. The van der Waals surface area contributed by atoms with Gasteiger partial charge in [0, 0.05) is 0 Å². The van der Waals surface area contributed by atoms with Crippen molar-refractivity contribution in [3.05, 3.63) is 65.7 Å². The quantitative estimate of drug-likeness (QED) is 0.431. The van der Waals surface area contributed by atoms with Crippen LogP contribution in [0.5, 0.6) is 17.2 Å². The summed E-state index contributed by atoms with van der Waals surface area (Å²) in [7, 11) is 3.13. The molecule has 0 heterocycles. The summed E-state index contributed by atoms with van der Waals surface area (Å²) in [6.45, 7) is 4.07. The molecule has 0 saturated carbocycles. The number of fused-ring (bicyclic) bond motifs is 1. The summed E-state index contributed by atoms with van der Waals surface area (Å²) >= 11 is 0. The van der Waals surface area contributed by atoms with Gasteiger partial charge >= 0.3 is 0 Å². The molecule has 156 valence electrons. The Balaban J connectivity index is 1.75. The first-order valence-corrected chi connectivity index (χ1v) is 9.80. The number of hydrazone groups is 1. The molecule has 0 bridgehead atoms. The molecule has 1 unspecified atom stereocenters. The first-order valence-electron chi connectivity index (χ1n) is 9.80. The van der Waals surface area contributed by atoms with Gasteiger partial charge in [-0.25, -0.2) is 5.43 Å². The van der Waals surface area contributed by atoms with Gasteiger partial charge in [-0.05, 0) is 60.0 Å². The number of amides is 1. The van der Waals surface area contributed by atoms with Crippen molar-refractivity contribution in [3.63, 3.8) is 0 Å². The maximum Gasteiger partial charge on any atom is 0.275 e. The van der Waals surface area contributed by atoms with E-state index < -0.39 is 0 Å². The van der Waals surface area contributed by atoms with Crippen molar-refractivity contribution in [2.24, 2.45) is 5.10 Å². The summed E-state index contributed by atoms with van der Waals surface area (Å²) in [4.78, 5) is 12.6. The van der Waals surface area contributed by atoms with Crippen LogP contribution in [0.15, 0.2) is 59.7 Å². The Morgan fingerprint density at radius 1 is 1.00 bits per heavy atom. The summed E-state index contributed by atoms with van der Waals surface area (Å²) in [5, 5.41) is 6.03. The van der Waals surface area contributed by atoms with E-state index >= 15 is 0 Å². The smallest absolute Gasteiger partial charge is 0.275 e. The van der Waals surface area contributed by atoms with Crippen molar-refractivity contribution < 1.29 is 19.0 Å². The van der Waals surface area contributed by atoms with Gasteiger partial charge in [0.2, 0.25) is 0 Å². The van der Waals surface area contributed by atoms with Crippen LogP contribution in [0, 0.1) is 0 Å². The van der Waals surface area contributed by atoms with E-state index in [1.54, 1.807) is 26.5 Å². The molecule has 30 heavy (non-hydrogen) atoms. The Bertz CT molecular complexity index is 1060. The van der Waals surface area contributed by atoms with Crippen LogP contribution in [0.2, 0.25) is 0 Å². The van der Waals surface area contributed by atoms with Crippen molar-refractivity contribution in [1.82, 2.24) is 5.43 Å². The van der Waals surface area contributed by atoms with Crippen LogP contribution in [0.1, 0.15) is 36.2 Å². The topological polar surface area (TPSA) is 69.2 Å². The summed E-state index contributed by atoms with van der Waals surface area (Å²) < 4.78 is 16.6. The zero-order valence-electron chi connectivity index (χ0n) is 17.6. The normalized spacial score (nSPS) is 12.0. The second kappa shape index (κ2) is 9.78. The highest BCUT2D eigenvalue weighted by atomic mass is 16.5. The molecule has 0 radical (unpaired) electrons. The van der Waals surface area contributed by atoms with Gasteiger partial charge in [-0.3, -0.25) is 4.79 Å². The molecule has 1 N–H and O–H groups in total. The van der Waals surface area contributed by atoms with Crippen molar-refractivity contribution in [2.45, 2.75) is 26.4 Å². The zero-order chi connectivity index (χ0) is 21.5. The van der Waals surface area contributed by atoms with Crippen molar-refractivity contribution in [3.8, 4) is 17.2 Å². The van der Waals surface area contributed by atoms with E-state index in [1.165, 1.54) is 0 Å². The minimum absolute atomic E-state index is 0.0923. The molecule has 6 nitrogen and oxygen atoms in total. The van der Waals surface area contributed by atoms with Crippen LogP contribution in [0.4, 0.5) is 0 Å². The number of nitrogens with one attached hydrogen (secondary N) is 1. The predicted molar refractivity (Wildman–Crippen MR) is 119 cm³/mol. The van der Waals surface area contributed by atoms with Crippen LogP contribution in [0.3, 0.4) is 0 Å². The lowest BCUT2D eigenvalue weighted by atomic mass is 10.1. The first-order chi connectivity index (χ1) is 14.5. The third-order valence-electron chi connectivity index (χ3n) is 4.78. The second-order valence-corrected chi connectivity index (χ2v) is 6.85.